The number of nitro groups is 1. The van der Waals surface area contributed by atoms with Crippen LogP contribution >= 0.6 is 0 Å². The van der Waals surface area contributed by atoms with Gasteiger partial charge in [0.1, 0.15) is 17.6 Å². The highest BCUT2D eigenvalue weighted by molar-refractivity contribution is 5.98. The van der Waals surface area contributed by atoms with Gasteiger partial charge in [0, 0.05) is 19.7 Å². The maximum absolute atomic E-state index is 12.3. The highest BCUT2D eigenvalue weighted by atomic mass is 16.6. The second-order valence-corrected chi connectivity index (χ2v) is 5.79. The van der Waals surface area contributed by atoms with Crippen LogP contribution in [0.5, 0.6) is 0 Å². The highest BCUT2D eigenvalue weighted by Gasteiger charge is 2.45. The number of anilines is 1. The van der Waals surface area contributed by atoms with Crippen LogP contribution in [-0.4, -0.2) is 29.4 Å². The summed E-state index contributed by atoms with van der Waals surface area (Å²) in [5.41, 5.74) is -0.0802. The summed E-state index contributed by atoms with van der Waals surface area (Å²) in [6, 6.07) is 1.41. The molecule has 1 amide bonds. The maximum Gasteiger partial charge on any atom is 0.300 e. The van der Waals surface area contributed by atoms with Crippen LogP contribution in [0.15, 0.2) is 12.3 Å². The number of hydrogen-bond acceptors (Lipinski definition) is 5. The predicted octanol–water partition coefficient (Wildman–Crippen LogP) is 2.20. The molecule has 0 atom stereocenters. The number of nitrogens with one attached hydrogen (secondary N) is 2. The summed E-state index contributed by atoms with van der Waals surface area (Å²) in [6.07, 6.45) is 3.28. The average Bonchev–Trinajstić information content (AvgIpc) is 3.25. The molecule has 0 aromatic carbocycles. The third-order valence-electron chi connectivity index (χ3n) is 4.30. The summed E-state index contributed by atoms with van der Waals surface area (Å²) in [6.45, 7) is 4.82. The van der Waals surface area contributed by atoms with Gasteiger partial charge in [-0.05, 0) is 24.2 Å². The third kappa shape index (κ3) is 3.12. The van der Waals surface area contributed by atoms with Gasteiger partial charge in [-0.1, -0.05) is 13.8 Å². The molecule has 2 rings (SSSR count). The SMILES string of the molecule is CNc1cc(C(=O)NCC2(C(C)C)CC2)c([N+](=O)[O-])cn1. The van der Waals surface area contributed by atoms with Gasteiger partial charge in [0.15, 0.2) is 0 Å². The first-order valence-electron chi connectivity index (χ1n) is 7.00. The summed E-state index contributed by atoms with van der Waals surface area (Å²) >= 11 is 0. The van der Waals surface area contributed by atoms with Crippen LogP contribution in [0.4, 0.5) is 11.5 Å². The fourth-order valence-corrected chi connectivity index (χ4v) is 2.38. The predicted molar refractivity (Wildman–Crippen MR) is 79.3 cm³/mol. The summed E-state index contributed by atoms with van der Waals surface area (Å²) in [5.74, 6) is 0.487. The van der Waals surface area contributed by atoms with Gasteiger partial charge in [-0.15, -0.1) is 0 Å². The fraction of sp³-hybridized carbons (Fsp3) is 0.571. The van der Waals surface area contributed by atoms with Crippen molar-refractivity contribution in [1.29, 1.82) is 0 Å². The van der Waals surface area contributed by atoms with Gasteiger partial charge >= 0.3 is 0 Å². The monoisotopic (exact) mass is 292 g/mol. The number of hydrogen-bond donors (Lipinski definition) is 2. The molecule has 1 aliphatic rings. The van der Waals surface area contributed by atoms with Crippen molar-refractivity contribution in [2.24, 2.45) is 11.3 Å². The first kappa shape index (κ1) is 15.2. The molecule has 0 bridgehead atoms. The Bertz CT molecular complexity index is 567. The molecule has 1 fully saturated rings. The van der Waals surface area contributed by atoms with Gasteiger partial charge in [0.2, 0.25) is 0 Å². The van der Waals surface area contributed by atoms with Gasteiger partial charge < -0.3 is 10.6 Å². The first-order valence-corrected chi connectivity index (χ1v) is 7.00. The molecule has 1 aromatic rings. The molecule has 114 valence electrons. The van der Waals surface area contributed by atoms with Crippen LogP contribution in [0, 0.1) is 21.4 Å². The van der Waals surface area contributed by atoms with Crippen molar-refractivity contribution in [3.8, 4) is 0 Å². The second kappa shape index (κ2) is 5.67. The van der Waals surface area contributed by atoms with E-state index in [1.807, 2.05) is 0 Å². The number of carbonyl (C=O) groups is 1. The van der Waals surface area contributed by atoms with Crippen molar-refractivity contribution < 1.29 is 9.72 Å². The lowest BCUT2D eigenvalue weighted by molar-refractivity contribution is -0.385. The van der Waals surface area contributed by atoms with Crippen molar-refractivity contribution in [2.75, 3.05) is 18.9 Å². The molecule has 1 heterocycles. The van der Waals surface area contributed by atoms with E-state index in [1.54, 1.807) is 7.05 Å². The lowest BCUT2D eigenvalue weighted by atomic mass is 9.92. The van der Waals surface area contributed by atoms with E-state index in [0.29, 0.717) is 18.3 Å². The fourth-order valence-electron chi connectivity index (χ4n) is 2.38. The zero-order valence-electron chi connectivity index (χ0n) is 12.5. The lowest BCUT2D eigenvalue weighted by Crippen LogP contribution is -2.33. The van der Waals surface area contributed by atoms with Gasteiger partial charge in [-0.2, -0.15) is 0 Å². The van der Waals surface area contributed by atoms with E-state index in [2.05, 4.69) is 29.5 Å². The maximum atomic E-state index is 12.3. The second-order valence-electron chi connectivity index (χ2n) is 5.79. The Hall–Kier alpha value is -2.18. The van der Waals surface area contributed by atoms with Gasteiger partial charge in [-0.3, -0.25) is 14.9 Å². The zero-order valence-corrected chi connectivity index (χ0v) is 12.5. The molecule has 0 radical (unpaired) electrons. The number of amides is 1. The molecular weight excluding hydrogens is 272 g/mol. The van der Waals surface area contributed by atoms with E-state index in [0.717, 1.165) is 19.0 Å². The summed E-state index contributed by atoms with van der Waals surface area (Å²) in [7, 11) is 1.65. The molecule has 1 aliphatic carbocycles. The Morgan fingerprint density at radius 2 is 2.19 bits per heavy atom. The number of nitrogens with zero attached hydrogens (tertiary/aromatic N) is 2. The van der Waals surface area contributed by atoms with E-state index in [-0.39, 0.29) is 16.7 Å². The molecule has 21 heavy (non-hydrogen) atoms. The Morgan fingerprint density at radius 3 is 2.67 bits per heavy atom. The standard InChI is InChI=1S/C14H20N4O3/c1-9(2)14(4-5-14)8-17-13(19)10-6-12(15-3)16-7-11(10)18(20)21/h6-7,9H,4-5,8H2,1-3H3,(H,15,16)(H,17,19). The quantitative estimate of drug-likeness (QED) is 0.618. The van der Waals surface area contributed by atoms with Crippen molar-refractivity contribution in [2.45, 2.75) is 26.7 Å². The molecule has 1 aromatic heterocycles. The van der Waals surface area contributed by atoms with E-state index in [4.69, 9.17) is 0 Å². The normalized spacial score (nSPS) is 15.6. The van der Waals surface area contributed by atoms with Crippen molar-refractivity contribution in [3.63, 3.8) is 0 Å². The van der Waals surface area contributed by atoms with Crippen LogP contribution < -0.4 is 10.6 Å². The first-order chi connectivity index (χ1) is 9.89. The van der Waals surface area contributed by atoms with E-state index < -0.39 is 10.8 Å². The molecule has 0 unspecified atom stereocenters. The zero-order chi connectivity index (χ0) is 15.6. The average molecular weight is 292 g/mol. The van der Waals surface area contributed by atoms with Crippen molar-refractivity contribution >= 4 is 17.4 Å². The van der Waals surface area contributed by atoms with Gasteiger partial charge in [0.05, 0.1) is 4.92 Å². The number of rotatable bonds is 6. The topological polar surface area (TPSA) is 97.2 Å². The minimum Gasteiger partial charge on any atom is -0.373 e. The molecule has 7 nitrogen and oxygen atoms in total. The molecule has 7 heteroatoms. The van der Waals surface area contributed by atoms with Gasteiger partial charge in [0.25, 0.3) is 11.6 Å². The Balaban J connectivity index is 2.16. The smallest absolute Gasteiger partial charge is 0.300 e. The molecule has 0 aliphatic heterocycles. The largest absolute Gasteiger partial charge is 0.373 e. The minimum absolute atomic E-state index is 0.0407. The van der Waals surface area contributed by atoms with Crippen LogP contribution in [0.2, 0.25) is 0 Å². The summed E-state index contributed by atoms with van der Waals surface area (Å²) in [4.78, 5) is 26.6. The van der Waals surface area contributed by atoms with E-state index in [9.17, 15) is 14.9 Å². The van der Waals surface area contributed by atoms with Crippen molar-refractivity contribution in [3.05, 3.63) is 27.9 Å². The third-order valence-corrected chi connectivity index (χ3v) is 4.30. The Labute approximate surface area is 123 Å². The number of aromatic nitrogens is 1. The van der Waals surface area contributed by atoms with Crippen LogP contribution in [0.3, 0.4) is 0 Å². The Morgan fingerprint density at radius 1 is 1.52 bits per heavy atom. The molecule has 1 saturated carbocycles. The van der Waals surface area contributed by atoms with E-state index >= 15 is 0 Å². The van der Waals surface area contributed by atoms with Crippen LogP contribution in [-0.2, 0) is 0 Å². The van der Waals surface area contributed by atoms with Crippen LogP contribution in [0.25, 0.3) is 0 Å². The lowest BCUT2D eigenvalue weighted by Gasteiger charge is -2.20. The van der Waals surface area contributed by atoms with Gasteiger partial charge in [-0.25, -0.2) is 4.98 Å². The molecular formula is C14H20N4O3. The number of pyridine rings is 1. The highest BCUT2D eigenvalue weighted by Crippen LogP contribution is 2.51. The Kier molecular flexibility index (Phi) is 4.11. The summed E-state index contributed by atoms with van der Waals surface area (Å²) in [5, 5.41) is 16.6. The molecule has 0 spiro atoms. The molecule has 0 saturated heterocycles. The summed E-state index contributed by atoms with van der Waals surface area (Å²) < 4.78 is 0. The minimum atomic E-state index is -0.587. The molecule has 2 N–H and O–H groups in total. The van der Waals surface area contributed by atoms with Crippen LogP contribution in [0.1, 0.15) is 37.0 Å². The van der Waals surface area contributed by atoms with Crippen molar-refractivity contribution in [1.82, 2.24) is 10.3 Å². The number of carbonyl (C=O) groups excluding carboxylic acids is 1. The van der Waals surface area contributed by atoms with E-state index in [1.165, 1.54) is 6.07 Å².